The van der Waals surface area contributed by atoms with Crippen LogP contribution in [-0.2, 0) is 4.79 Å². The third-order valence-electron chi connectivity index (χ3n) is 5.60. The molecule has 0 aliphatic heterocycles. The molecule has 5 heteroatoms. The zero-order valence-corrected chi connectivity index (χ0v) is 18.5. The summed E-state index contributed by atoms with van der Waals surface area (Å²) in [7, 11) is 1.58. The molecule has 1 N–H and O–H groups in total. The predicted molar refractivity (Wildman–Crippen MR) is 120 cm³/mol. The van der Waals surface area contributed by atoms with Crippen molar-refractivity contribution in [3.05, 3.63) is 29.3 Å². The first kappa shape index (κ1) is 23.8. The predicted octanol–water partition coefficient (Wildman–Crippen LogP) is 5.79. The molecule has 5 nitrogen and oxygen atoms in total. The number of nitrogens with one attached hydrogen (secondary N) is 1. The lowest BCUT2D eigenvalue weighted by Crippen LogP contribution is -2.35. The zero-order valence-electron chi connectivity index (χ0n) is 18.5. The van der Waals surface area contributed by atoms with Crippen molar-refractivity contribution in [2.24, 2.45) is 0 Å². The molecule has 0 radical (unpaired) electrons. The van der Waals surface area contributed by atoms with Gasteiger partial charge in [0.25, 0.3) is 5.91 Å². The molecule has 0 spiro atoms. The van der Waals surface area contributed by atoms with Crippen LogP contribution in [0.2, 0.25) is 0 Å². The van der Waals surface area contributed by atoms with Gasteiger partial charge in [-0.1, -0.05) is 63.9 Å². The van der Waals surface area contributed by atoms with Crippen LogP contribution in [0.5, 0.6) is 11.5 Å². The number of nitriles is 1. The molecule has 0 bridgehead atoms. The van der Waals surface area contributed by atoms with Crippen molar-refractivity contribution in [3.8, 4) is 17.6 Å². The number of hydrogen-bond donors (Lipinski definition) is 1. The van der Waals surface area contributed by atoms with Crippen LogP contribution in [0.3, 0.4) is 0 Å². The highest BCUT2D eigenvalue weighted by atomic mass is 16.5. The van der Waals surface area contributed by atoms with Gasteiger partial charge in [-0.25, -0.2) is 0 Å². The molecule has 1 fully saturated rings. The average Bonchev–Trinajstić information content (AvgIpc) is 2.74. The highest BCUT2D eigenvalue weighted by Crippen LogP contribution is 2.29. The second kappa shape index (κ2) is 13.7. The van der Waals surface area contributed by atoms with E-state index in [1.807, 2.05) is 13.0 Å². The Morgan fingerprint density at radius 3 is 2.20 bits per heavy atom. The van der Waals surface area contributed by atoms with Crippen LogP contribution >= 0.6 is 0 Å². The van der Waals surface area contributed by atoms with Gasteiger partial charge in [0, 0.05) is 6.04 Å². The molecule has 0 atom stereocenters. The van der Waals surface area contributed by atoms with Crippen LogP contribution < -0.4 is 14.8 Å². The lowest BCUT2D eigenvalue weighted by atomic mass is 9.97. The number of methoxy groups -OCH3 is 1. The average molecular weight is 413 g/mol. The van der Waals surface area contributed by atoms with Crippen molar-refractivity contribution < 1.29 is 14.3 Å². The highest BCUT2D eigenvalue weighted by Gasteiger charge is 2.16. The number of benzene rings is 1. The Morgan fingerprint density at radius 1 is 1.07 bits per heavy atom. The SMILES string of the molecule is CCOc1ccc(/C=C(\C#N)C(=O)NC2CCCCCCCCCCC2)cc1OC. The molecule has 0 heterocycles. The first-order valence-corrected chi connectivity index (χ1v) is 11.4. The molecule has 1 aliphatic carbocycles. The quantitative estimate of drug-likeness (QED) is 0.474. The Labute approximate surface area is 181 Å². The van der Waals surface area contributed by atoms with Crippen LogP contribution in [0.25, 0.3) is 6.08 Å². The standard InChI is InChI=1S/C25H36N2O3/c1-3-30-23-16-15-20(18-24(23)29-2)17-21(19-26)25(28)27-22-13-11-9-7-5-4-6-8-10-12-14-22/h15-18,22H,3-14H2,1-2H3,(H,27,28)/b21-17+. The van der Waals surface area contributed by atoms with E-state index in [9.17, 15) is 10.1 Å². The van der Waals surface area contributed by atoms with E-state index >= 15 is 0 Å². The molecule has 2 rings (SSSR count). The van der Waals surface area contributed by atoms with E-state index in [1.54, 1.807) is 25.3 Å². The Morgan fingerprint density at radius 2 is 1.67 bits per heavy atom. The molecule has 0 aromatic heterocycles. The maximum atomic E-state index is 12.8. The Bertz CT molecular complexity index is 724. The summed E-state index contributed by atoms with van der Waals surface area (Å²) < 4.78 is 10.9. The highest BCUT2D eigenvalue weighted by molar-refractivity contribution is 6.01. The minimum absolute atomic E-state index is 0.118. The molecule has 1 aromatic rings. The van der Waals surface area contributed by atoms with E-state index in [-0.39, 0.29) is 17.5 Å². The maximum Gasteiger partial charge on any atom is 0.262 e. The van der Waals surface area contributed by atoms with Gasteiger partial charge in [-0.3, -0.25) is 4.79 Å². The van der Waals surface area contributed by atoms with E-state index in [0.717, 1.165) is 31.2 Å². The first-order chi connectivity index (χ1) is 14.7. The molecule has 1 saturated carbocycles. The van der Waals surface area contributed by atoms with Gasteiger partial charge in [-0.2, -0.15) is 5.26 Å². The molecular weight excluding hydrogens is 376 g/mol. The van der Waals surface area contributed by atoms with Gasteiger partial charge in [0.2, 0.25) is 0 Å². The zero-order chi connectivity index (χ0) is 21.6. The van der Waals surface area contributed by atoms with Crippen LogP contribution in [0, 0.1) is 11.3 Å². The van der Waals surface area contributed by atoms with Crippen molar-refractivity contribution in [3.63, 3.8) is 0 Å². The summed E-state index contributed by atoms with van der Waals surface area (Å²) in [5.41, 5.74) is 0.855. The van der Waals surface area contributed by atoms with Gasteiger partial charge in [0.1, 0.15) is 11.6 Å². The summed E-state index contributed by atoms with van der Waals surface area (Å²) in [4.78, 5) is 12.8. The fraction of sp³-hybridized carbons (Fsp3) is 0.600. The second-order valence-corrected chi connectivity index (χ2v) is 7.94. The van der Waals surface area contributed by atoms with Crippen molar-refractivity contribution in [1.29, 1.82) is 5.26 Å². The first-order valence-electron chi connectivity index (χ1n) is 11.4. The fourth-order valence-corrected chi connectivity index (χ4v) is 3.93. The number of amides is 1. The third kappa shape index (κ3) is 8.10. The molecule has 1 aromatic carbocycles. The van der Waals surface area contributed by atoms with E-state index in [1.165, 1.54) is 44.9 Å². The largest absolute Gasteiger partial charge is 0.493 e. The summed E-state index contributed by atoms with van der Waals surface area (Å²) in [5.74, 6) is 0.943. The molecule has 164 valence electrons. The van der Waals surface area contributed by atoms with Gasteiger partial charge in [0.05, 0.1) is 13.7 Å². The second-order valence-electron chi connectivity index (χ2n) is 7.94. The van der Waals surface area contributed by atoms with E-state index in [0.29, 0.717) is 18.1 Å². The van der Waals surface area contributed by atoms with Gasteiger partial charge in [-0.05, 0) is 43.5 Å². The summed E-state index contributed by atoms with van der Waals surface area (Å²) in [6.07, 6.45) is 14.9. The van der Waals surface area contributed by atoms with Crippen molar-refractivity contribution in [1.82, 2.24) is 5.32 Å². The summed E-state index contributed by atoms with van der Waals surface area (Å²) in [6, 6.07) is 7.62. The van der Waals surface area contributed by atoms with Crippen LogP contribution in [-0.4, -0.2) is 25.7 Å². The van der Waals surface area contributed by atoms with Gasteiger partial charge in [0.15, 0.2) is 11.5 Å². The van der Waals surface area contributed by atoms with Gasteiger partial charge >= 0.3 is 0 Å². The molecule has 30 heavy (non-hydrogen) atoms. The topological polar surface area (TPSA) is 71.3 Å². The minimum Gasteiger partial charge on any atom is -0.493 e. The number of carbonyl (C=O) groups is 1. The minimum atomic E-state index is -0.289. The fourth-order valence-electron chi connectivity index (χ4n) is 3.93. The van der Waals surface area contributed by atoms with Crippen molar-refractivity contribution in [2.75, 3.05) is 13.7 Å². The maximum absolute atomic E-state index is 12.8. The molecule has 1 aliphatic rings. The lowest BCUT2D eigenvalue weighted by molar-refractivity contribution is -0.117. The van der Waals surface area contributed by atoms with E-state index < -0.39 is 0 Å². The summed E-state index contributed by atoms with van der Waals surface area (Å²) in [5, 5.41) is 12.7. The van der Waals surface area contributed by atoms with Crippen molar-refractivity contribution >= 4 is 12.0 Å². The van der Waals surface area contributed by atoms with Gasteiger partial charge < -0.3 is 14.8 Å². The Hall–Kier alpha value is -2.48. The van der Waals surface area contributed by atoms with Crippen LogP contribution in [0.4, 0.5) is 0 Å². The smallest absolute Gasteiger partial charge is 0.262 e. The summed E-state index contributed by atoms with van der Waals surface area (Å²) >= 11 is 0. The monoisotopic (exact) mass is 412 g/mol. The van der Waals surface area contributed by atoms with Crippen molar-refractivity contribution in [2.45, 2.75) is 83.6 Å². The number of rotatable bonds is 6. The summed E-state index contributed by atoms with van der Waals surface area (Å²) in [6.45, 7) is 2.45. The van der Waals surface area contributed by atoms with E-state index in [4.69, 9.17) is 9.47 Å². The normalized spacial score (nSPS) is 17.2. The molecular formula is C25H36N2O3. The van der Waals surface area contributed by atoms with E-state index in [2.05, 4.69) is 11.4 Å². The Kier molecular flexibility index (Phi) is 10.9. The molecule has 0 saturated heterocycles. The number of carbonyl (C=O) groups excluding carboxylic acids is 1. The molecule has 0 unspecified atom stereocenters. The van der Waals surface area contributed by atoms with Crippen LogP contribution in [0.15, 0.2) is 23.8 Å². The lowest BCUT2D eigenvalue weighted by Gasteiger charge is -2.19. The molecule has 1 amide bonds. The van der Waals surface area contributed by atoms with Crippen LogP contribution in [0.1, 0.15) is 83.1 Å². The van der Waals surface area contributed by atoms with Gasteiger partial charge in [-0.15, -0.1) is 0 Å². The number of hydrogen-bond acceptors (Lipinski definition) is 4. The Balaban J connectivity index is 2.05. The number of nitrogens with zero attached hydrogens (tertiary/aromatic N) is 1. The number of ether oxygens (including phenoxy) is 2. The third-order valence-corrected chi connectivity index (χ3v) is 5.60.